The highest BCUT2D eigenvalue weighted by Gasteiger charge is 2.43. The smallest absolute Gasteiger partial charge is 0.263 e. The molecule has 0 aliphatic carbocycles. The van der Waals surface area contributed by atoms with E-state index in [1.165, 1.54) is 0 Å². The fraction of sp³-hybridized carbons (Fsp3) is 0.467. The zero-order valence-electron chi connectivity index (χ0n) is 12.6. The molecule has 3 heterocycles. The van der Waals surface area contributed by atoms with Crippen molar-refractivity contribution in [2.24, 2.45) is 0 Å². The first-order valence-corrected chi connectivity index (χ1v) is 7.26. The zero-order valence-corrected chi connectivity index (χ0v) is 12.6. The van der Waals surface area contributed by atoms with Gasteiger partial charge in [0, 0.05) is 30.4 Å². The predicted molar refractivity (Wildman–Crippen MR) is 79.9 cm³/mol. The second-order valence-corrected chi connectivity index (χ2v) is 5.73. The van der Waals surface area contributed by atoms with E-state index >= 15 is 0 Å². The van der Waals surface area contributed by atoms with E-state index < -0.39 is 0 Å². The Morgan fingerprint density at radius 3 is 2.86 bits per heavy atom. The van der Waals surface area contributed by atoms with Crippen LogP contribution in [0.3, 0.4) is 0 Å². The van der Waals surface area contributed by atoms with Crippen molar-refractivity contribution in [2.45, 2.75) is 39.3 Å². The van der Waals surface area contributed by atoms with Crippen LogP contribution in [0.25, 0.3) is 0 Å². The zero-order chi connectivity index (χ0) is 15.0. The van der Waals surface area contributed by atoms with E-state index in [-0.39, 0.29) is 12.1 Å². The maximum Gasteiger partial charge on any atom is 0.263 e. The first-order chi connectivity index (χ1) is 10.1. The van der Waals surface area contributed by atoms with Crippen molar-refractivity contribution in [3.05, 3.63) is 46.9 Å². The molecule has 1 fully saturated rings. The number of aromatic nitrogens is 3. The van der Waals surface area contributed by atoms with Crippen molar-refractivity contribution >= 4 is 5.69 Å². The number of pyridine rings is 1. The summed E-state index contributed by atoms with van der Waals surface area (Å²) in [4.78, 5) is 17.8. The van der Waals surface area contributed by atoms with Crippen LogP contribution in [-0.4, -0.2) is 26.2 Å². The van der Waals surface area contributed by atoms with Crippen molar-refractivity contribution in [3.8, 4) is 0 Å². The highest BCUT2D eigenvalue weighted by Crippen LogP contribution is 2.32. The molecule has 3 rings (SSSR count). The molecule has 0 N–H and O–H groups in total. The van der Waals surface area contributed by atoms with Crippen LogP contribution in [0.4, 0.5) is 5.69 Å². The molecule has 0 saturated carbocycles. The average molecular weight is 286 g/mol. The highest BCUT2D eigenvalue weighted by atomic mass is 16.3. The highest BCUT2D eigenvalue weighted by molar-refractivity contribution is 5.40. The van der Waals surface area contributed by atoms with E-state index in [0.717, 1.165) is 28.1 Å². The second-order valence-electron chi connectivity index (χ2n) is 5.73. The Hall–Kier alpha value is -2.24. The standard InChI is InChI=1S/C15H20N5O/c1-11(2)18-10-13(8-17-18)19-7-5-15(20(19)21)14-9-16-6-4-12(14)3/h4,6,8-11,15H,5,7H2,1-3H3/q+1. The summed E-state index contributed by atoms with van der Waals surface area (Å²) in [6.07, 6.45) is 8.03. The molecule has 6 heteroatoms. The van der Waals surface area contributed by atoms with Gasteiger partial charge < -0.3 is 0 Å². The van der Waals surface area contributed by atoms with Crippen LogP contribution >= 0.6 is 0 Å². The Bertz CT molecular complexity index is 664. The van der Waals surface area contributed by atoms with Gasteiger partial charge in [0.2, 0.25) is 0 Å². The Balaban J connectivity index is 1.85. The summed E-state index contributed by atoms with van der Waals surface area (Å²) in [6, 6.07) is 2.07. The number of hydrogen-bond acceptors (Lipinski definition) is 3. The van der Waals surface area contributed by atoms with Crippen LogP contribution in [0.1, 0.15) is 43.5 Å². The van der Waals surface area contributed by atoms with Crippen LogP contribution in [0, 0.1) is 11.8 Å². The number of aryl methyl sites for hydroxylation is 1. The Kier molecular flexibility index (Phi) is 3.45. The summed E-state index contributed by atoms with van der Waals surface area (Å²) < 4.78 is 1.87. The first kappa shape index (κ1) is 13.7. The minimum Gasteiger partial charge on any atom is -0.268 e. The van der Waals surface area contributed by atoms with Gasteiger partial charge in [-0.2, -0.15) is 5.10 Å². The first-order valence-electron chi connectivity index (χ1n) is 7.26. The molecule has 1 aliphatic rings. The molecule has 1 saturated heterocycles. The summed E-state index contributed by atoms with van der Waals surface area (Å²) >= 11 is 0. The molecule has 0 amide bonds. The molecule has 0 spiro atoms. The lowest BCUT2D eigenvalue weighted by atomic mass is 10.0. The van der Waals surface area contributed by atoms with Gasteiger partial charge in [0.05, 0.1) is 23.8 Å². The van der Waals surface area contributed by atoms with Crippen molar-refractivity contribution < 1.29 is 4.87 Å². The van der Waals surface area contributed by atoms with Crippen molar-refractivity contribution in [1.82, 2.24) is 14.8 Å². The normalized spacial score (nSPS) is 18.8. The monoisotopic (exact) mass is 286 g/mol. The molecule has 2 aromatic rings. The van der Waals surface area contributed by atoms with Crippen LogP contribution in [0.2, 0.25) is 0 Å². The Morgan fingerprint density at radius 2 is 2.19 bits per heavy atom. The van der Waals surface area contributed by atoms with Crippen LogP contribution < -0.4 is 5.01 Å². The summed E-state index contributed by atoms with van der Waals surface area (Å²) in [7, 11) is 0. The second kappa shape index (κ2) is 5.27. The number of nitroso groups, excluding NO2 is 1. The largest absolute Gasteiger partial charge is 0.268 e. The van der Waals surface area contributed by atoms with Gasteiger partial charge in [-0.15, -0.1) is 5.01 Å². The van der Waals surface area contributed by atoms with Gasteiger partial charge in [0.1, 0.15) is 10.6 Å². The van der Waals surface area contributed by atoms with Gasteiger partial charge >= 0.3 is 0 Å². The lowest BCUT2D eigenvalue weighted by Gasteiger charge is -2.08. The summed E-state index contributed by atoms with van der Waals surface area (Å²) in [5, 5.41) is 6.06. The van der Waals surface area contributed by atoms with E-state index in [0.29, 0.717) is 6.54 Å². The van der Waals surface area contributed by atoms with Crippen LogP contribution in [0.15, 0.2) is 30.9 Å². The van der Waals surface area contributed by atoms with Gasteiger partial charge in [-0.25, -0.2) is 0 Å². The van der Waals surface area contributed by atoms with Gasteiger partial charge in [-0.3, -0.25) is 9.67 Å². The predicted octanol–water partition coefficient (Wildman–Crippen LogP) is 2.81. The fourth-order valence-electron chi connectivity index (χ4n) is 2.71. The van der Waals surface area contributed by atoms with Crippen molar-refractivity contribution in [1.29, 1.82) is 0 Å². The molecule has 6 nitrogen and oxygen atoms in total. The summed E-state index contributed by atoms with van der Waals surface area (Å²) in [5.74, 6) is 0. The molecule has 21 heavy (non-hydrogen) atoms. The van der Waals surface area contributed by atoms with E-state index in [1.54, 1.807) is 23.6 Å². The van der Waals surface area contributed by atoms with Gasteiger partial charge in [-0.1, -0.05) is 0 Å². The molecule has 0 radical (unpaired) electrons. The quantitative estimate of drug-likeness (QED) is 0.814. The van der Waals surface area contributed by atoms with E-state index in [9.17, 15) is 4.91 Å². The van der Waals surface area contributed by atoms with E-state index in [2.05, 4.69) is 23.9 Å². The Labute approximate surface area is 123 Å². The van der Waals surface area contributed by atoms with E-state index in [4.69, 9.17) is 0 Å². The molecule has 1 unspecified atom stereocenters. The van der Waals surface area contributed by atoms with Crippen LogP contribution in [-0.2, 0) is 0 Å². The molecular weight excluding hydrogens is 266 g/mol. The molecule has 1 atom stereocenters. The number of hydrazine groups is 1. The fourth-order valence-corrected chi connectivity index (χ4v) is 2.71. The number of hydrogen-bond donors (Lipinski definition) is 0. The van der Waals surface area contributed by atoms with Crippen molar-refractivity contribution in [2.75, 3.05) is 11.6 Å². The third-order valence-electron chi connectivity index (χ3n) is 3.97. The van der Waals surface area contributed by atoms with Crippen molar-refractivity contribution in [3.63, 3.8) is 0 Å². The Morgan fingerprint density at radius 1 is 1.38 bits per heavy atom. The third-order valence-corrected chi connectivity index (χ3v) is 3.97. The van der Waals surface area contributed by atoms with Gasteiger partial charge in [0.15, 0.2) is 0 Å². The topological polar surface area (TPSA) is 54.0 Å². The summed E-state index contributed by atoms with van der Waals surface area (Å²) in [5.41, 5.74) is 2.96. The van der Waals surface area contributed by atoms with Gasteiger partial charge in [-0.05, 0) is 32.4 Å². The lowest BCUT2D eigenvalue weighted by molar-refractivity contribution is -0.583. The minimum atomic E-state index is -0.166. The van der Waals surface area contributed by atoms with Crippen LogP contribution in [0.5, 0.6) is 0 Å². The average Bonchev–Trinajstić information content (AvgIpc) is 3.06. The molecule has 2 aromatic heterocycles. The maximum atomic E-state index is 12.6. The number of nitrogens with zero attached hydrogens (tertiary/aromatic N) is 5. The summed E-state index contributed by atoms with van der Waals surface area (Å²) in [6.45, 7) is 6.85. The molecule has 0 aromatic carbocycles. The SMILES string of the molecule is Cc1ccncc1C1CCN(c2cnn(C(C)C)c2)[N+]1=O. The maximum absolute atomic E-state index is 12.6. The lowest BCUT2D eigenvalue weighted by Crippen LogP contribution is -2.27. The molecular formula is C15H20N5O+. The minimum absolute atomic E-state index is 0.166. The van der Waals surface area contributed by atoms with Gasteiger partial charge in [0.25, 0.3) is 6.04 Å². The number of anilines is 1. The van der Waals surface area contributed by atoms with E-state index in [1.807, 2.05) is 23.9 Å². The third kappa shape index (κ3) is 2.41. The number of rotatable bonds is 3. The molecule has 1 aliphatic heterocycles. The molecule has 0 bridgehead atoms. The molecule has 110 valence electrons.